The van der Waals surface area contributed by atoms with Crippen LogP contribution >= 0.6 is 0 Å². The van der Waals surface area contributed by atoms with Gasteiger partial charge in [0, 0.05) is 35.3 Å². The molecule has 222 valence electrons. The van der Waals surface area contributed by atoms with Crippen LogP contribution in [-0.2, 0) is 0 Å². The molecule has 0 radical (unpaired) electrons. The number of hydrogen-bond acceptors (Lipinski definition) is 5. The smallest absolute Gasteiger partial charge is 0.205 e. The summed E-state index contributed by atoms with van der Waals surface area (Å²) in [6.07, 6.45) is 4.78. The molecule has 0 fully saturated rings. The van der Waals surface area contributed by atoms with Gasteiger partial charge in [0.05, 0.1) is 34.8 Å². The zero-order chi connectivity index (χ0) is 32.9. The normalized spacial score (nSPS) is 10.4. The molecule has 0 saturated heterocycles. The summed E-state index contributed by atoms with van der Waals surface area (Å²) >= 11 is 0. The first-order chi connectivity index (χ1) is 23.6. The number of hydrogen-bond donors (Lipinski definition) is 0. The predicted molar refractivity (Wildman–Crippen MR) is 188 cm³/mol. The molecule has 0 spiro atoms. The molecule has 6 heteroatoms. The van der Waals surface area contributed by atoms with Crippen LogP contribution < -0.4 is 0 Å². The summed E-state index contributed by atoms with van der Waals surface area (Å²) in [7, 11) is 0. The molecule has 0 bridgehead atoms. The summed E-state index contributed by atoms with van der Waals surface area (Å²) in [5, 5.41) is 18.4. The van der Waals surface area contributed by atoms with Crippen molar-refractivity contribution in [3.63, 3.8) is 0 Å². The Morgan fingerprint density at radius 2 is 0.771 bits per heavy atom. The van der Waals surface area contributed by atoms with Gasteiger partial charge in [-0.3, -0.25) is 15.0 Å². The second kappa shape index (κ2) is 13.0. The fourth-order valence-electron chi connectivity index (χ4n) is 5.59. The summed E-state index contributed by atoms with van der Waals surface area (Å²) in [5.74, 6) is 0. The van der Waals surface area contributed by atoms with E-state index in [0.717, 1.165) is 67.2 Å². The van der Waals surface area contributed by atoms with Crippen LogP contribution in [0.5, 0.6) is 0 Å². The summed E-state index contributed by atoms with van der Waals surface area (Å²) in [6.45, 7) is 7.26. The van der Waals surface area contributed by atoms with Gasteiger partial charge in [-0.15, -0.1) is 0 Å². The van der Waals surface area contributed by atoms with Gasteiger partial charge >= 0.3 is 0 Å². The molecule has 3 aromatic heterocycles. The lowest BCUT2D eigenvalue weighted by Crippen LogP contribution is -1.90. The van der Waals surface area contributed by atoms with Crippen molar-refractivity contribution in [2.24, 2.45) is 0 Å². The minimum Gasteiger partial charge on any atom is -0.268 e. The van der Waals surface area contributed by atoms with Gasteiger partial charge in [-0.1, -0.05) is 60.7 Å². The summed E-state index contributed by atoms with van der Waals surface area (Å²) in [5.41, 5.74) is 13.0. The van der Waals surface area contributed by atoms with E-state index in [-0.39, 0.29) is 0 Å². The van der Waals surface area contributed by atoms with Crippen molar-refractivity contribution < 1.29 is 0 Å². The van der Waals surface area contributed by atoms with Gasteiger partial charge in [0.1, 0.15) is 12.1 Å². The van der Waals surface area contributed by atoms with Crippen LogP contribution in [0, 0.1) is 29.2 Å². The van der Waals surface area contributed by atoms with Gasteiger partial charge in [0.15, 0.2) is 0 Å². The average Bonchev–Trinajstić information content (AvgIpc) is 3.18. The van der Waals surface area contributed by atoms with Crippen molar-refractivity contribution in [2.75, 3.05) is 0 Å². The van der Waals surface area contributed by atoms with Gasteiger partial charge in [-0.2, -0.15) is 10.5 Å². The quantitative estimate of drug-likeness (QED) is 0.174. The lowest BCUT2D eigenvalue weighted by Gasteiger charge is -2.14. The van der Waals surface area contributed by atoms with E-state index in [0.29, 0.717) is 16.8 Å². The first kappa shape index (κ1) is 29.5. The predicted octanol–water partition coefficient (Wildman–Crippen LogP) is 10.2. The van der Waals surface area contributed by atoms with Crippen molar-refractivity contribution in [1.82, 2.24) is 15.0 Å². The highest BCUT2D eigenvalue weighted by molar-refractivity contribution is 5.84. The highest BCUT2D eigenvalue weighted by Crippen LogP contribution is 2.36. The van der Waals surface area contributed by atoms with Crippen molar-refractivity contribution in [1.29, 1.82) is 10.5 Å². The molecule has 4 aromatic carbocycles. The molecule has 0 N–H and O–H groups in total. The molecule has 0 unspecified atom stereocenters. The van der Waals surface area contributed by atoms with Crippen LogP contribution in [0.1, 0.15) is 11.1 Å². The van der Waals surface area contributed by atoms with E-state index in [2.05, 4.69) is 86.5 Å². The third-order valence-electron chi connectivity index (χ3n) is 8.07. The van der Waals surface area contributed by atoms with E-state index in [1.54, 1.807) is 36.8 Å². The number of rotatable bonds is 6. The third-order valence-corrected chi connectivity index (χ3v) is 8.07. The zero-order valence-electron chi connectivity index (χ0n) is 25.5. The molecule has 0 aliphatic rings. The molecule has 7 rings (SSSR count). The number of nitriles is 2. The number of benzene rings is 4. The van der Waals surface area contributed by atoms with Crippen LogP contribution in [0.15, 0.2) is 146 Å². The van der Waals surface area contributed by atoms with Crippen molar-refractivity contribution >= 4 is 5.69 Å². The fourth-order valence-corrected chi connectivity index (χ4v) is 5.59. The van der Waals surface area contributed by atoms with Crippen LogP contribution in [0.4, 0.5) is 5.69 Å². The minimum absolute atomic E-state index is 0.504. The minimum atomic E-state index is 0.504. The van der Waals surface area contributed by atoms with Gasteiger partial charge in [-0.25, -0.2) is 4.85 Å². The molecular weight excluding hydrogens is 589 g/mol. The molecule has 7 aromatic rings. The zero-order valence-corrected chi connectivity index (χ0v) is 25.5. The average molecular weight is 613 g/mol. The van der Waals surface area contributed by atoms with E-state index in [9.17, 15) is 10.5 Å². The third kappa shape index (κ3) is 6.17. The van der Waals surface area contributed by atoms with Crippen molar-refractivity contribution in [3.05, 3.63) is 169 Å². The van der Waals surface area contributed by atoms with E-state index in [1.807, 2.05) is 54.6 Å². The Bertz CT molecular complexity index is 2120. The second-order valence-electron chi connectivity index (χ2n) is 11.1. The SMILES string of the molecule is [C-]#[N+]c1ccc(-c2cccc(-c3cc(-c4cccc(-c5ccc(C#N)cn5)c4)cc(-c4cccc(-c5ccc(C#N)cn5)c4)c3)c2)nc1. The first-order valence-electron chi connectivity index (χ1n) is 15.1. The van der Waals surface area contributed by atoms with E-state index in [4.69, 9.17) is 6.57 Å². The van der Waals surface area contributed by atoms with E-state index >= 15 is 0 Å². The lowest BCUT2D eigenvalue weighted by atomic mass is 9.91. The maximum atomic E-state index is 9.22. The summed E-state index contributed by atoms with van der Waals surface area (Å²) < 4.78 is 0. The largest absolute Gasteiger partial charge is 0.268 e. The van der Waals surface area contributed by atoms with Gasteiger partial charge in [0.25, 0.3) is 0 Å². The first-order valence-corrected chi connectivity index (χ1v) is 15.1. The topological polar surface area (TPSA) is 90.6 Å². The van der Waals surface area contributed by atoms with Crippen LogP contribution in [0.25, 0.3) is 72.0 Å². The maximum Gasteiger partial charge on any atom is 0.205 e. The Labute approximate surface area is 278 Å². The van der Waals surface area contributed by atoms with Gasteiger partial charge < -0.3 is 0 Å². The maximum absolute atomic E-state index is 9.22. The molecular formula is C42H24N6. The highest BCUT2D eigenvalue weighted by Gasteiger charge is 2.12. The molecule has 0 saturated carbocycles. The Hall–Kier alpha value is -7.20. The molecule has 6 nitrogen and oxygen atoms in total. The van der Waals surface area contributed by atoms with Crippen LogP contribution in [0.2, 0.25) is 0 Å². The molecule has 0 aliphatic carbocycles. The van der Waals surface area contributed by atoms with E-state index in [1.165, 1.54) is 0 Å². The van der Waals surface area contributed by atoms with Gasteiger partial charge in [0.2, 0.25) is 5.69 Å². The van der Waals surface area contributed by atoms with Crippen molar-refractivity contribution in [3.8, 4) is 79.3 Å². The molecule has 48 heavy (non-hydrogen) atoms. The number of nitrogens with zero attached hydrogens (tertiary/aromatic N) is 6. The highest BCUT2D eigenvalue weighted by atomic mass is 14.7. The van der Waals surface area contributed by atoms with Crippen LogP contribution in [-0.4, -0.2) is 15.0 Å². The molecule has 0 aliphatic heterocycles. The van der Waals surface area contributed by atoms with E-state index < -0.39 is 0 Å². The monoisotopic (exact) mass is 612 g/mol. The fraction of sp³-hybridized carbons (Fsp3) is 0. The summed E-state index contributed by atoms with van der Waals surface area (Å²) in [6, 6.07) is 46.5. The second-order valence-corrected chi connectivity index (χ2v) is 11.1. The Balaban J connectivity index is 1.35. The molecule has 3 heterocycles. The Morgan fingerprint density at radius 1 is 0.417 bits per heavy atom. The molecule has 0 atom stereocenters. The molecule has 0 amide bonds. The lowest BCUT2D eigenvalue weighted by molar-refractivity contribution is 1.30. The Kier molecular flexibility index (Phi) is 8.01. The summed E-state index contributed by atoms with van der Waals surface area (Å²) in [4.78, 5) is 17.0. The van der Waals surface area contributed by atoms with Crippen molar-refractivity contribution in [2.45, 2.75) is 0 Å². The standard InChI is InChI=1S/C42H24N6/c1-45-39-13-16-42(48-27-39)35-10-4-7-32(19-35)38-21-36(30-5-2-8-33(17-30)40-14-11-28(23-43)25-46-40)20-37(22-38)31-6-3-9-34(18-31)41-15-12-29(24-44)26-47-41/h2-22,25-27H. The number of pyridine rings is 3. The van der Waals surface area contributed by atoms with Crippen LogP contribution in [0.3, 0.4) is 0 Å². The Morgan fingerprint density at radius 3 is 1.08 bits per heavy atom. The number of aromatic nitrogens is 3. The van der Waals surface area contributed by atoms with Gasteiger partial charge in [-0.05, 0) is 100 Å².